The summed E-state index contributed by atoms with van der Waals surface area (Å²) in [6.45, 7) is 8.11. The van der Waals surface area contributed by atoms with Crippen molar-refractivity contribution < 1.29 is 4.42 Å². The Bertz CT molecular complexity index is 289. The maximum atomic E-state index is 5.49. The third-order valence-corrected chi connectivity index (χ3v) is 2.85. The molecule has 0 spiro atoms. The second kappa shape index (κ2) is 5.14. The average molecular weight is 206 g/mol. The minimum absolute atomic E-state index is 0.361. The fraction of sp³-hybridized carbons (Fsp3) is 0.500. The summed E-state index contributed by atoms with van der Waals surface area (Å²) in [6.07, 6.45) is 4.66. The van der Waals surface area contributed by atoms with Crippen LogP contribution in [0.4, 0.5) is 0 Å². The van der Waals surface area contributed by atoms with E-state index in [4.69, 9.17) is 4.42 Å². The van der Waals surface area contributed by atoms with Gasteiger partial charge in [-0.25, -0.2) is 0 Å². The van der Waals surface area contributed by atoms with Gasteiger partial charge in [0.15, 0.2) is 0 Å². The molecule has 2 heterocycles. The number of hydrogen-bond donors (Lipinski definition) is 1. The molecule has 82 valence electrons. The second-order valence-corrected chi connectivity index (χ2v) is 3.84. The Kier molecular flexibility index (Phi) is 3.59. The van der Waals surface area contributed by atoms with Gasteiger partial charge in [0.25, 0.3) is 0 Å². The quantitative estimate of drug-likeness (QED) is 0.761. The molecule has 1 aromatic rings. The molecule has 0 saturated carbocycles. The lowest BCUT2D eigenvalue weighted by molar-refractivity contribution is 0.155. The Morgan fingerprint density at radius 2 is 2.33 bits per heavy atom. The van der Waals surface area contributed by atoms with Crippen LogP contribution in [-0.2, 0) is 0 Å². The zero-order valence-electron chi connectivity index (χ0n) is 8.98. The highest BCUT2D eigenvalue weighted by molar-refractivity contribution is 5.06. The molecule has 0 bridgehead atoms. The highest BCUT2D eigenvalue weighted by Crippen LogP contribution is 2.25. The third kappa shape index (κ3) is 2.49. The van der Waals surface area contributed by atoms with Gasteiger partial charge in [-0.15, -0.1) is 6.58 Å². The van der Waals surface area contributed by atoms with Crippen LogP contribution in [0.2, 0.25) is 0 Å². The third-order valence-electron chi connectivity index (χ3n) is 2.85. The molecular formula is C12H18N2O. The molecule has 0 aromatic carbocycles. The summed E-state index contributed by atoms with van der Waals surface area (Å²) >= 11 is 0. The van der Waals surface area contributed by atoms with E-state index in [-0.39, 0.29) is 0 Å². The molecule has 1 fully saturated rings. The molecule has 1 saturated heterocycles. The van der Waals surface area contributed by atoms with Crippen LogP contribution in [0.1, 0.15) is 18.2 Å². The molecule has 0 aliphatic carbocycles. The Morgan fingerprint density at radius 1 is 1.53 bits per heavy atom. The first-order valence-electron chi connectivity index (χ1n) is 5.51. The highest BCUT2D eigenvalue weighted by Gasteiger charge is 2.22. The van der Waals surface area contributed by atoms with Crippen LogP contribution in [0.15, 0.2) is 35.5 Å². The molecule has 1 atom stereocenters. The molecule has 1 N–H and O–H groups in total. The summed E-state index contributed by atoms with van der Waals surface area (Å²) in [5, 5.41) is 3.36. The fourth-order valence-electron chi connectivity index (χ4n) is 2.08. The van der Waals surface area contributed by atoms with E-state index in [1.165, 1.54) is 0 Å². The molecule has 1 aliphatic heterocycles. The van der Waals surface area contributed by atoms with Crippen LogP contribution < -0.4 is 5.32 Å². The van der Waals surface area contributed by atoms with Crippen LogP contribution in [0.5, 0.6) is 0 Å². The van der Waals surface area contributed by atoms with Crippen LogP contribution >= 0.6 is 0 Å². The first-order chi connectivity index (χ1) is 7.42. The van der Waals surface area contributed by atoms with Crippen molar-refractivity contribution in [2.45, 2.75) is 12.5 Å². The maximum absolute atomic E-state index is 5.49. The largest absolute Gasteiger partial charge is 0.468 e. The Labute approximate surface area is 90.8 Å². The van der Waals surface area contributed by atoms with Gasteiger partial charge in [-0.05, 0) is 18.6 Å². The molecule has 1 aliphatic rings. The first-order valence-corrected chi connectivity index (χ1v) is 5.51. The van der Waals surface area contributed by atoms with Gasteiger partial charge in [0.2, 0.25) is 0 Å². The van der Waals surface area contributed by atoms with Gasteiger partial charge < -0.3 is 9.73 Å². The standard InChI is InChI=1S/C12H18N2O/c1-2-4-11(12-5-3-10-15-12)14-8-6-13-7-9-14/h2-3,5,10-11,13H,1,4,6-9H2/t11-/m1/s1. The molecule has 0 amide bonds. The van der Waals surface area contributed by atoms with Crippen LogP contribution in [0, 0.1) is 0 Å². The van der Waals surface area contributed by atoms with Gasteiger partial charge in [0.05, 0.1) is 12.3 Å². The Morgan fingerprint density at radius 3 is 2.93 bits per heavy atom. The van der Waals surface area contributed by atoms with Gasteiger partial charge in [-0.3, -0.25) is 4.90 Å². The smallest absolute Gasteiger partial charge is 0.121 e. The van der Waals surface area contributed by atoms with Gasteiger partial charge in [-0.2, -0.15) is 0 Å². The molecule has 0 unspecified atom stereocenters. The van der Waals surface area contributed by atoms with E-state index in [0.717, 1.165) is 38.4 Å². The van der Waals surface area contributed by atoms with E-state index < -0.39 is 0 Å². The molecular weight excluding hydrogens is 188 g/mol. The molecule has 0 radical (unpaired) electrons. The van der Waals surface area contributed by atoms with Gasteiger partial charge in [0.1, 0.15) is 5.76 Å². The van der Waals surface area contributed by atoms with Crippen molar-refractivity contribution in [2.75, 3.05) is 26.2 Å². The fourth-order valence-corrected chi connectivity index (χ4v) is 2.08. The van der Waals surface area contributed by atoms with Gasteiger partial charge >= 0.3 is 0 Å². The first kappa shape index (κ1) is 10.5. The van der Waals surface area contributed by atoms with E-state index in [0.29, 0.717) is 6.04 Å². The topological polar surface area (TPSA) is 28.4 Å². The SMILES string of the molecule is C=CC[C@H](c1ccco1)N1CCNCC1. The number of rotatable bonds is 4. The van der Waals surface area contributed by atoms with Crippen molar-refractivity contribution in [3.63, 3.8) is 0 Å². The van der Waals surface area contributed by atoms with Gasteiger partial charge in [-0.1, -0.05) is 6.08 Å². The summed E-state index contributed by atoms with van der Waals surface area (Å²) in [4.78, 5) is 2.46. The molecule has 3 heteroatoms. The molecule has 1 aromatic heterocycles. The number of piperazine rings is 1. The monoisotopic (exact) mass is 206 g/mol. The molecule has 2 rings (SSSR count). The van der Waals surface area contributed by atoms with E-state index in [9.17, 15) is 0 Å². The zero-order chi connectivity index (χ0) is 10.5. The number of nitrogens with zero attached hydrogens (tertiary/aromatic N) is 1. The van der Waals surface area contributed by atoms with Crippen molar-refractivity contribution in [3.8, 4) is 0 Å². The minimum Gasteiger partial charge on any atom is -0.468 e. The number of hydrogen-bond acceptors (Lipinski definition) is 3. The summed E-state index contributed by atoms with van der Waals surface area (Å²) in [6, 6.07) is 4.36. The predicted molar refractivity (Wildman–Crippen MR) is 60.7 cm³/mol. The van der Waals surface area contributed by atoms with E-state index in [1.807, 2.05) is 12.1 Å². The minimum atomic E-state index is 0.361. The Balaban J connectivity index is 2.07. The van der Waals surface area contributed by atoms with E-state index in [1.54, 1.807) is 6.26 Å². The van der Waals surface area contributed by atoms with Crippen molar-refractivity contribution in [1.82, 2.24) is 10.2 Å². The van der Waals surface area contributed by atoms with Crippen molar-refractivity contribution in [2.24, 2.45) is 0 Å². The second-order valence-electron chi connectivity index (χ2n) is 3.84. The van der Waals surface area contributed by atoms with Crippen molar-refractivity contribution >= 4 is 0 Å². The summed E-state index contributed by atoms with van der Waals surface area (Å²) in [5.74, 6) is 1.05. The number of nitrogens with one attached hydrogen (secondary N) is 1. The normalized spacial score (nSPS) is 20.0. The lowest BCUT2D eigenvalue weighted by atomic mass is 10.1. The molecule has 3 nitrogen and oxygen atoms in total. The molecule has 15 heavy (non-hydrogen) atoms. The van der Waals surface area contributed by atoms with Crippen LogP contribution in [0.25, 0.3) is 0 Å². The number of furan rings is 1. The van der Waals surface area contributed by atoms with Crippen molar-refractivity contribution in [1.29, 1.82) is 0 Å². The van der Waals surface area contributed by atoms with Crippen LogP contribution in [-0.4, -0.2) is 31.1 Å². The summed E-state index contributed by atoms with van der Waals surface area (Å²) < 4.78 is 5.49. The zero-order valence-corrected chi connectivity index (χ0v) is 8.98. The van der Waals surface area contributed by atoms with Crippen molar-refractivity contribution in [3.05, 3.63) is 36.8 Å². The van der Waals surface area contributed by atoms with E-state index in [2.05, 4.69) is 22.9 Å². The van der Waals surface area contributed by atoms with E-state index >= 15 is 0 Å². The lowest BCUT2D eigenvalue weighted by Gasteiger charge is -2.33. The predicted octanol–water partition coefficient (Wildman–Crippen LogP) is 1.80. The average Bonchev–Trinajstić information content (AvgIpc) is 2.80. The summed E-state index contributed by atoms with van der Waals surface area (Å²) in [5.41, 5.74) is 0. The lowest BCUT2D eigenvalue weighted by Crippen LogP contribution is -2.45. The van der Waals surface area contributed by atoms with Gasteiger partial charge in [0, 0.05) is 26.2 Å². The summed E-state index contributed by atoms with van der Waals surface area (Å²) in [7, 11) is 0. The highest BCUT2D eigenvalue weighted by atomic mass is 16.3. The van der Waals surface area contributed by atoms with Crippen LogP contribution in [0.3, 0.4) is 0 Å². The Hall–Kier alpha value is -1.06. The maximum Gasteiger partial charge on any atom is 0.121 e.